The van der Waals surface area contributed by atoms with Gasteiger partial charge < -0.3 is 15.4 Å². The molecule has 0 radical (unpaired) electrons. The Morgan fingerprint density at radius 3 is 3.12 bits per heavy atom. The monoisotopic (exact) mass is 236 g/mol. The largest absolute Gasteiger partial charge is 0.476 e. The topological polar surface area (TPSA) is 64.3 Å². The highest BCUT2D eigenvalue weighted by Crippen LogP contribution is 2.18. The number of nitrogens with zero attached hydrogens (tertiary/aromatic N) is 3. The van der Waals surface area contributed by atoms with Gasteiger partial charge in [-0.25, -0.2) is 4.98 Å². The lowest BCUT2D eigenvalue weighted by atomic mass is 10.0. The summed E-state index contributed by atoms with van der Waals surface area (Å²) in [7, 11) is 2.15. The molecule has 1 aliphatic rings. The number of nitrogen functional groups attached to an aromatic ring is 1. The number of hydrogen-bond donors (Lipinski definition) is 1. The van der Waals surface area contributed by atoms with Gasteiger partial charge in [-0.3, -0.25) is 0 Å². The third kappa shape index (κ3) is 3.06. The van der Waals surface area contributed by atoms with E-state index in [1.54, 1.807) is 6.20 Å². The number of ether oxygens (including phenoxy) is 1. The lowest BCUT2D eigenvalue weighted by molar-refractivity contribution is 0.122. The Kier molecular flexibility index (Phi) is 3.78. The van der Waals surface area contributed by atoms with Crippen molar-refractivity contribution in [3.63, 3.8) is 0 Å². The SMILES string of the molecule is Cc1cnc(N)nc1OCC1CCCCN1C. The van der Waals surface area contributed by atoms with E-state index in [4.69, 9.17) is 10.5 Å². The van der Waals surface area contributed by atoms with Gasteiger partial charge in [0.2, 0.25) is 11.8 Å². The Bertz CT molecular complexity index is 383. The molecular weight excluding hydrogens is 216 g/mol. The van der Waals surface area contributed by atoms with Crippen LogP contribution in [0.1, 0.15) is 24.8 Å². The zero-order chi connectivity index (χ0) is 12.3. The second-order valence-electron chi connectivity index (χ2n) is 4.66. The summed E-state index contributed by atoms with van der Waals surface area (Å²) in [6, 6.07) is 0.485. The summed E-state index contributed by atoms with van der Waals surface area (Å²) < 4.78 is 5.75. The molecule has 0 aliphatic carbocycles. The standard InChI is InChI=1S/C12H20N4O/c1-9-7-14-12(13)15-11(9)17-8-10-5-3-4-6-16(10)2/h7,10H,3-6,8H2,1-2H3,(H2,13,14,15). The molecule has 0 aromatic carbocycles. The maximum Gasteiger partial charge on any atom is 0.223 e. The first-order valence-electron chi connectivity index (χ1n) is 6.09. The Labute approximate surface area is 102 Å². The number of aryl methyl sites for hydroxylation is 1. The van der Waals surface area contributed by atoms with Crippen LogP contribution in [0.4, 0.5) is 5.95 Å². The first-order valence-corrected chi connectivity index (χ1v) is 6.09. The summed E-state index contributed by atoms with van der Waals surface area (Å²) in [6.45, 7) is 3.76. The molecule has 17 heavy (non-hydrogen) atoms. The first kappa shape index (κ1) is 12.1. The third-order valence-electron chi connectivity index (χ3n) is 3.28. The van der Waals surface area contributed by atoms with Crippen LogP contribution in [0.2, 0.25) is 0 Å². The molecule has 1 aromatic heterocycles. The molecule has 1 atom stereocenters. The summed E-state index contributed by atoms with van der Waals surface area (Å²) in [6.07, 6.45) is 5.45. The highest BCUT2D eigenvalue weighted by Gasteiger charge is 2.19. The Morgan fingerprint density at radius 2 is 2.35 bits per heavy atom. The van der Waals surface area contributed by atoms with E-state index in [-0.39, 0.29) is 5.95 Å². The third-order valence-corrected chi connectivity index (χ3v) is 3.28. The van der Waals surface area contributed by atoms with Crippen molar-refractivity contribution in [1.29, 1.82) is 0 Å². The van der Waals surface area contributed by atoms with Crippen molar-refractivity contribution in [3.05, 3.63) is 11.8 Å². The smallest absolute Gasteiger partial charge is 0.223 e. The van der Waals surface area contributed by atoms with Crippen LogP contribution in [0.25, 0.3) is 0 Å². The number of likely N-dealkylation sites (tertiary alicyclic amines) is 1. The van der Waals surface area contributed by atoms with Gasteiger partial charge in [0, 0.05) is 17.8 Å². The highest BCUT2D eigenvalue weighted by molar-refractivity contribution is 5.28. The molecule has 1 saturated heterocycles. The molecule has 0 amide bonds. The molecule has 2 N–H and O–H groups in total. The zero-order valence-electron chi connectivity index (χ0n) is 10.5. The van der Waals surface area contributed by atoms with Crippen LogP contribution in [-0.2, 0) is 0 Å². The number of hydrogen-bond acceptors (Lipinski definition) is 5. The highest BCUT2D eigenvalue weighted by atomic mass is 16.5. The molecular formula is C12H20N4O. The van der Waals surface area contributed by atoms with E-state index in [1.165, 1.54) is 19.3 Å². The number of piperidine rings is 1. The fourth-order valence-electron chi connectivity index (χ4n) is 2.12. The summed E-state index contributed by atoms with van der Waals surface area (Å²) in [5, 5.41) is 0. The van der Waals surface area contributed by atoms with Crippen LogP contribution in [-0.4, -0.2) is 41.1 Å². The maximum atomic E-state index is 5.75. The van der Waals surface area contributed by atoms with Gasteiger partial charge in [-0.15, -0.1) is 0 Å². The molecule has 1 aliphatic heterocycles. The summed E-state index contributed by atoms with van der Waals surface area (Å²) >= 11 is 0. The zero-order valence-corrected chi connectivity index (χ0v) is 10.5. The summed E-state index contributed by atoms with van der Waals surface area (Å²) in [4.78, 5) is 10.4. The van der Waals surface area contributed by atoms with Gasteiger partial charge in [-0.05, 0) is 33.4 Å². The second-order valence-corrected chi connectivity index (χ2v) is 4.66. The average Bonchev–Trinajstić information content (AvgIpc) is 2.32. The van der Waals surface area contributed by atoms with Gasteiger partial charge in [0.05, 0.1) is 0 Å². The number of likely N-dealkylation sites (N-methyl/N-ethyl adjacent to an activating group) is 1. The number of nitrogens with two attached hydrogens (primary N) is 1. The maximum absolute atomic E-state index is 5.75. The van der Waals surface area contributed by atoms with Crippen LogP contribution < -0.4 is 10.5 Å². The van der Waals surface area contributed by atoms with Crippen molar-refractivity contribution in [2.45, 2.75) is 32.2 Å². The molecule has 1 fully saturated rings. The average molecular weight is 236 g/mol. The molecule has 2 rings (SSSR count). The number of aromatic nitrogens is 2. The van der Waals surface area contributed by atoms with E-state index in [0.717, 1.165) is 12.1 Å². The first-order chi connectivity index (χ1) is 8.16. The lowest BCUT2D eigenvalue weighted by Crippen LogP contribution is -2.40. The minimum atomic E-state index is 0.266. The normalized spacial score (nSPS) is 21.4. The number of rotatable bonds is 3. The van der Waals surface area contributed by atoms with Crippen molar-refractivity contribution in [3.8, 4) is 5.88 Å². The minimum Gasteiger partial charge on any atom is -0.476 e. The van der Waals surface area contributed by atoms with Gasteiger partial charge in [-0.1, -0.05) is 6.42 Å². The molecule has 0 bridgehead atoms. The Hall–Kier alpha value is -1.36. The van der Waals surface area contributed by atoms with E-state index in [2.05, 4.69) is 21.9 Å². The fourth-order valence-corrected chi connectivity index (χ4v) is 2.12. The molecule has 1 aromatic rings. The van der Waals surface area contributed by atoms with Crippen LogP contribution in [0.3, 0.4) is 0 Å². The van der Waals surface area contributed by atoms with E-state index in [1.807, 2.05) is 6.92 Å². The van der Waals surface area contributed by atoms with Crippen molar-refractivity contribution in [2.24, 2.45) is 0 Å². The van der Waals surface area contributed by atoms with Gasteiger partial charge in [0.1, 0.15) is 6.61 Å². The van der Waals surface area contributed by atoms with Crippen molar-refractivity contribution >= 4 is 5.95 Å². The molecule has 94 valence electrons. The van der Waals surface area contributed by atoms with Crippen LogP contribution in [0, 0.1) is 6.92 Å². The second kappa shape index (κ2) is 5.31. The molecule has 1 unspecified atom stereocenters. The van der Waals surface area contributed by atoms with Gasteiger partial charge in [0.15, 0.2) is 0 Å². The van der Waals surface area contributed by atoms with E-state index < -0.39 is 0 Å². The fraction of sp³-hybridized carbons (Fsp3) is 0.667. The van der Waals surface area contributed by atoms with Gasteiger partial charge in [-0.2, -0.15) is 4.98 Å². The molecule has 5 nitrogen and oxygen atoms in total. The lowest BCUT2D eigenvalue weighted by Gasteiger charge is -2.32. The Balaban J connectivity index is 1.94. The number of anilines is 1. The quantitative estimate of drug-likeness (QED) is 0.855. The molecule has 2 heterocycles. The van der Waals surface area contributed by atoms with E-state index in [0.29, 0.717) is 18.5 Å². The van der Waals surface area contributed by atoms with E-state index >= 15 is 0 Å². The molecule has 0 spiro atoms. The summed E-state index contributed by atoms with van der Waals surface area (Å²) in [5.41, 5.74) is 6.48. The Morgan fingerprint density at radius 1 is 1.53 bits per heavy atom. The predicted molar refractivity (Wildman–Crippen MR) is 66.9 cm³/mol. The van der Waals surface area contributed by atoms with Crippen molar-refractivity contribution in [1.82, 2.24) is 14.9 Å². The van der Waals surface area contributed by atoms with Crippen LogP contribution in [0.15, 0.2) is 6.20 Å². The van der Waals surface area contributed by atoms with E-state index in [9.17, 15) is 0 Å². The van der Waals surface area contributed by atoms with Gasteiger partial charge in [0.25, 0.3) is 0 Å². The van der Waals surface area contributed by atoms with Crippen molar-refractivity contribution in [2.75, 3.05) is 25.9 Å². The van der Waals surface area contributed by atoms with Crippen LogP contribution in [0.5, 0.6) is 5.88 Å². The van der Waals surface area contributed by atoms with Crippen molar-refractivity contribution < 1.29 is 4.74 Å². The van der Waals surface area contributed by atoms with Gasteiger partial charge >= 0.3 is 0 Å². The molecule has 5 heteroatoms. The minimum absolute atomic E-state index is 0.266. The summed E-state index contributed by atoms with van der Waals surface area (Å²) in [5.74, 6) is 0.874. The predicted octanol–water partition coefficient (Wildman–Crippen LogP) is 1.23. The van der Waals surface area contributed by atoms with Crippen LogP contribution >= 0.6 is 0 Å². The molecule has 0 saturated carbocycles.